The Labute approximate surface area is 140 Å². The SMILES string of the molecule is CC(C)(C)OC(=O)CC/C(=C/F)COc1ccc2c(c1)CNC2=O. The highest BCUT2D eigenvalue weighted by molar-refractivity contribution is 5.98. The highest BCUT2D eigenvalue weighted by Crippen LogP contribution is 2.22. The molecule has 0 aliphatic carbocycles. The summed E-state index contributed by atoms with van der Waals surface area (Å²) in [5.41, 5.74) is 1.31. The molecule has 5 nitrogen and oxygen atoms in total. The summed E-state index contributed by atoms with van der Waals surface area (Å²) in [6, 6.07) is 5.12. The fourth-order valence-electron chi connectivity index (χ4n) is 2.29. The molecule has 1 amide bonds. The van der Waals surface area contributed by atoms with Crippen molar-refractivity contribution >= 4 is 11.9 Å². The van der Waals surface area contributed by atoms with Crippen molar-refractivity contribution in [1.82, 2.24) is 5.32 Å². The maximum absolute atomic E-state index is 13.0. The number of amides is 1. The molecule has 0 fully saturated rings. The number of ether oxygens (including phenoxy) is 2. The Morgan fingerprint density at radius 2 is 2.08 bits per heavy atom. The van der Waals surface area contributed by atoms with Crippen molar-refractivity contribution in [2.75, 3.05) is 6.61 Å². The predicted molar refractivity (Wildman–Crippen MR) is 87.4 cm³/mol. The van der Waals surface area contributed by atoms with Crippen LogP contribution in [-0.2, 0) is 16.1 Å². The van der Waals surface area contributed by atoms with Crippen LogP contribution in [0.5, 0.6) is 5.75 Å². The number of carbonyl (C=O) groups is 2. The van der Waals surface area contributed by atoms with E-state index in [1.807, 2.05) is 0 Å². The summed E-state index contributed by atoms with van der Waals surface area (Å²) in [5, 5.41) is 2.72. The standard InChI is InChI=1S/C18H22FNO4/c1-18(2,3)24-16(21)7-4-12(9-19)11-23-14-5-6-15-13(8-14)10-20-17(15)22/h5-6,8-9H,4,7,10-11H2,1-3H3,(H,20,22)/b12-9-. The van der Waals surface area contributed by atoms with Crippen molar-refractivity contribution < 1.29 is 23.5 Å². The first kappa shape index (κ1) is 18.0. The molecular formula is C18H22FNO4. The zero-order chi connectivity index (χ0) is 17.7. The van der Waals surface area contributed by atoms with Gasteiger partial charge in [-0.3, -0.25) is 9.59 Å². The number of fused-ring (bicyclic) bond motifs is 1. The lowest BCUT2D eigenvalue weighted by molar-refractivity contribution is -0.154. The highest BCUT2D eigenvalue weighted by Gasteiger charge is 2.19. The normalized spacial score (nSPS) is 14.2. The van der Waals surface area contributed by atoms with Crippen molar-refractivity contribution in [1.29, 1.82) is 0 Å². The summed E-state index contributed by atoms with van der Waals surface area (Å²) in [6.07, 6.45) is 0.790. The van der Waals surface area contributed by atoms with Crippen LogP contribution >= 0.6 is 0 Å². The molecule has 1 N–H and O–H groups in total. The lowest BCUT2D eigenvalue weighted by Crippen LogP contribution is -2.23. The zero-order valence-electron chi connectivity index (χ0n) is 14.1. The number of benzene rings is 1. The predicted octanol–water partition coefficient (Wildman–Crippen LogP) is 3.28. The Hall–Kier alpha value is -2.37. The molecule has 1 aliphatic rings. The van der Waals surface area contributed by atoms with Crippen molar-refractivity contribution in [2.45, 2.75) is 45.8 Å². The van der Waals surface area contributed by atoms with E-state index in [1.165, 1.54) is 0 Å². The van der Waals surface area contributed by atoms with Gasteiger partial charge < -0.3 is 14.8 Å². The van der Waals surface area contributed by atoms with Crippen LogP contribution in [0.15, 0.2) is 30.1 Å². The second-order valence-corrected chi connectivity index (χ2v) is 6.64. The van der Waals surface area contributed by atoms with Crippen LogP contribution in [-0.4, -0.2) is 24.1 Å². The average molecular weight is 335 g/mol. The smallest absolute Gasteiger partial charge is 0.306 e. The molecular weight excluding hydrogens is 313 g/mol. The minimum atomic E-state index is -0.553. The average Bonchev–Trinajstić information content (AvgIpc) is 2.86. The van der Waals surface area contributed by atoms with Gasteiger partial charge in [0, 0.05) is 18.5 Å². The maximum atomic E-state index is 13.0. The molecule has 0 unspecified atom stereocenters. The fourth-order valence-corrected chi connectivity index (χ4v) is 2.29. The van der Waals surface area contributed by atoms with Crippen molar-refractivity contribution in [3.05, 3.63) is 41.2 Å². The van der Waals surface area contributed by atoms with Gasteiger partial charge in [-0.2, -0.15) is 0 Å². The van der Waals surface area contributed by atoms with E-state index < -0.39 is 5.60 Å². The first-order chi connectivity index (χ1) is 11.3. The third-order valence-corrected chi connectivity index (χ3v) is 3.41. The van der Waals surface area contributed by atoms with E-state index in [1.54, 1.807) is 39.0 Å². The number of rotatable bonds is 6. The van der Waals surface area contributed by atoms with E-state index in [2.05, 4.69) is 5.32 Å². The quantitative estimate of drug-likeness (QED) is 0.810. The molecule has 0 atom stereocenters. The minimum Gasteiger partial charge on any atom is -0.489 e. The lowest BCUT2D eigenvalue weighted by atomic mass is 10.1. The van der Waals surface area contributed by atoms with Gasteiger partial charge in [-0.25, -0.2) is 4.39 Å². The van der Waals surface area contributed by atoms with Crippen LogP contribution in [0.4, 0.5) is 4.39 Å². The second kappa shape index (κ2) is 7.47. The number of hydrogen-bond acceptors (Lipinski definition) is 4. The van der Waals surface area contributed by atoms with Crippen LogP contribution in [0.1, 0.15) is 49.5 Å². The van der Waals surface area contributed by atoms with Crippen LogP contribution in [0.25, 0.3) is 0 Å². The second-order valence-electron chi connectivity index (χ2n) is 6.64. The van der Waals surface area contributed by atoms with E-state index >= 15 is 0 Å². The van der Waals surface area contributed by atoms with E-state index in [4.69, 9.17) is 9.47 Å². The van der Waals surface area contributed by atoms with Gasteiger partial charge in [0.1, 0.15) is 18.0 Å². The number of esters is 1. The Bertz CT molecular complexity index is 661. The molecule has 0 spiro atoms. The van der Waals surface area contributed by atoms with Gasteiger partial charge in [0.05, 0.1) is 6.33 Å². The summed E-state index contributed by atoms with van der Waals surface area (Å²) in [6.45, 7) is 5.86. The molecule has 1 heterocycles. The molecule has 0 saturated heterocycles. The monoisotopic (exact) mass is 335 g/mol. The number of carbonyl (C=O) groups excluding carboxylic acids is 2. The summed E-state index contributed by atoms with van der Waals surface area (Å²) in [7, 11) is 0. The highest BCUT2D eigenvalue weighted by atomic mass is 19.1. The summed E-state index contributed by atoms with van der Waals surface area (Å²) < 4.78 is 23.7. The summed E-state index contributed by atoms with van der Waals surface area (Å²) >= 11 is 0. The molecule has 6 heteroatoms. The zero-order valence-corrected chi connectivity index (χ0v) is 14.1. The maximum Gasteiger partial charge on any atom is 0.306 e. The number of nitrogens with one attached hydrogen (secondary N) is 1. The molecule has 1 aliphatic heterocycles. The molecule has 24 heavy (non-hydrogen) atoms. The van der Waals surface area contributed by atoms with E-state index in [0.29, 0.717) is 29.8 Å². The third kappa shape index (κ3) is 5.08. The third-order valence-electron chi connectivity index (χ3n) is 3.41. The molecule has 0 aromatic heterocycles. The van der Waals surface area contributed by atoms with Crippen LogP contribution in [0, 0.1) is 0 Å². The molecule has 0 bridgehead atoms. The molecule has 130 valence electrons. The fraction of sp³-hybridized carbons (Fsp3) is 0.444. The summed E-state index contributed by atoms with van der Waals surface area (Å²) in [5.74, 6) is 0.0871. The largest absolute Gasteiger partial charge is 0.489 e. The van der Waals surface area contributed by atoms with Gasteiger partial charge in [-0.1, -0.05) is 0 Å². The van der Waals surface area contributed by atoms with Gasteiger partial charge >= 0.3 is 5.97 Å². The van der Waals surface area contributed by atoms with E-state index in [-0.39, 0.29) is 31.3 Å². The molecule has 0 saturated carbocycles. The first-order valence-electron chi connectivity index (χ1n) is 7.82. The Balaban J connectivity index is 1.84. The molecule has 1 aromatic carbocycles. The Kier molecular flexibility index (Phi) is 5.59. The Morgan fingerprint density at radius 1 is 1.33 bits per heavy atom. The minimum absolute atomic E-state index is 0.0411. The van der Waals surface area contributed by atoms with Gasteiger partial charge in [0.25, 0.3) is 5.91 Å². The van der Waals surface area contributed by atoms with Crippen molar-refractivity contribution in [3.8, 4) is 5.75 Å². The number of halogens is 1. The van der Waals surface area contributed by atoms with Gasteiger partial charge in [0.2, 0.25) is 0 Å². The molecule has 0 radical (unpaired) electrons. The lowest BCUT2D eigenvalue weighted by Gasteiger charge is -2.19. The molecule has 2 rings (SSSR count). The Morgan fingerprint density at radius 3 is 2.75 bits per heavy atom. The molecule has 1 aromatic rings. The van der Waals surface area contributed by atoms with Crippen LogP contribution in [0.3, 0.4) is 0 Å². The van der Waals surface area contributed by atoms with E-state index in [9.17, 15) is 14.0 Å². The van der Waals surface area contributed by atoms with Crippen molar-refractivity contribution in [2.24, 2.45) is 0 Å². The number of hydrogen-bond donors (Lipinski definition) is 1. The van der Waals surface area contributed by atoms with Crippen molar-refractivity contribution in [3.63, 3.8) is 0 Å². The topological polar surface area (TPSA) is 64.6 Å². The van der Waals surface area contributed by atoms with Crippen LogP contribution < -0.4 is 10.1 Å². The first-order valence-corrected chi connectivity index (χ1v) is 7.82. The van der Waals surface area contributed by atoms with Gasteiger partial charge in [0.15, 0.2) is 0 Å². The van der Waals surface area contributed by atoms with Gasteiger partial charge in [-0.15, -0.1) is 0 Å². The summed E-state index contributed by atoms with van der Waals surface area (Å²) in [4.78, 5) is 23.1. The van der Waals surface area contributed by atoms with Gasteiger partial charge in [-0.05, 0) is 56.5 Å². The van der Waals surface area contributed by atoms with E-state index in [0.717, 1.165) is 5.56 Å². The van der Waals surface area contributed by atoms with Crippen LogP contribution in [0.2, 0.25) is 0 Å².